The molecule has 1 aromatic heterocycles. The van der Waals surface area contributed by atoms with Gasteiger partial charge in [-0.3, -0.25) is 0 Å². The van der Waals surface area contributed by atoms with Crippen molar-refractivity contribution in [1.82, 2.24) is 0 Å². The van der Waals surface area contributed by atoms with E-state index < -0.39 is 55.0 Å². The summed E-state index contributed by atoms with van der Waals surface area (Å²) in [6, 6.07) is 13.5. The van der Waals surface area contributed by atoms with Crippen LogP contribution in [-0.2, 0) is 19.1 Å². The van der Waals surface area contributed by atoms with Crippen molar-refractivity contribution < 1.29 is 73.1 Å². The third kappa shape index (κ3) is 6.57. The lowest BCUT2D eigenvalue weighted by atomic mass is 9.98. The first-order valence-electron chi connectivity index (χ1n) is 15.0. The fourth-order valence-corrected chi connectivity index (χ4v) is 5.42. The zero-order chi connectivity index (χ0) is 35.7. The number of aromatic hydroxyl groups is 2. The van der Waals surface area contributed by atoms with Crippen LogP contribution in [0.2, 0.25) is 0 Å². The number of hydrogen-bond donors (Lipinski definition) is 6. The highest BCUT2D eigenvalue weighted by molar-refractivity contribution is 6.03. The minimum atomic E-state index is -1.87. The monoisotopic (exact) mass is 691 g/mol. The van der Waals surface area contributed by atoms with Crippen LogP contribution in [-0.4, -0.2) is 94.1 Å². The third-order valence-electron chi connectivity index (χ3n) is 7.97. The first kappa shape index (κ1) is 34.0. The van der Waals surface area contributed by atoms with E-state index in [9.17, 15) is 40.2 Å². The molecule has 1 fully saturated rings. The maximum Gasteiger partial charge on any atom is 0.403 e. The normalized spacial score (nSPS) is 21.3. The molecule has 0 amide bonds. The molecule has 260 valence electrons. The van der Waals surface area contributed by atoms with E-state index in [4.69, 9.17) is 32.8 Å². The number of ether oxygens (including phenoxy) is 6. The minimum absolute atomic E-state index is 0.0121. The second-order valence-electron chi connectivity index (χ2n) is 11.1. The topological polar surface area (TPSA) is 222 Å². The molecule has 0 aliphatic carbocycles. The van der Waals surface area contributed by atoms with Crippen LogP contribution in [0.4, 0.5) is 0 Å². The van der Waals surface area contributed by atoms with Crippen molar-refractivity contribution >= 4 is 35.1 Å². The van der Waals surface area contributed by atoms with Crippen LogP contribution in [0.1, 0.15) is 11.1 Å². The highest BCUT2D eigenvalue weighted by atomic mass is 16.7. The van der Waals surface area contributed by atoms with Gasteiger partial charge in [-0.15, -0.1) is 0 Å². The van der Waals surface area contributed by atoms with E-state index in [1.807, 2.05) is 0 Å². The molecule has 0 spiro atoms. The first-order valence-corrected chi connectivity index (χ1v) is 15.0. The van der Waals surface area contributed by atoms with Crippen LogP contribution >= 0.6 is 0 Å². The van der Waals surface area contributed by atoms with Crippen LogP contribution in [0.25, 0.3) is 34.4 Å². The highest BCUT2D eigenvalue weighted by Crippen LogP contribution is 2.49. The average molecular weight is 692 g/mol. The number of aliphatic hydroxyl groups excluding tert-OH is 3. The first-order chi connectivity index (χ1) is 24.0. The number of carboxylic acid groups (broad SMARTS) is 1. The Bertz CT molecular complexity index is 1980. The summed E-state index contributed by atoms with van der Waals surface area (Å²) in [5, 5.41) is 62.6. The Kier molecular flexibility index (Phi) is 9.48. The Hall–Kier alpha value is -5.87. The molecule has 6 N–H and O–H groups in total. The molecule has 15 nitrogen and oxygen atoms in total. The van der Waals surface area contributed by atoms with Crippen molar-refractivity contribution in [3.8, 4) is 45.8 Å². The molecule has 2 aliphatic heterocycles. The van der Waals surface area contributed by atoms with Crippen molar-refractivity contribution in [1.29, 1.82) is 0 Å². The summed E-state index contributed by atoms with van der Waals surface area (Å²) in [6.45, 7) is -0.571. The summed E-state index contributed by atoms with van der Waals surface area (Å²) in [6.07, 6.45) is -4.86. The van der Waals surface area contributed by atoms with E-state index >= 15 is 0 Å². The number of rotatable bonds is 10. The molecule has 3 heterocycles. The van der Waals surface area contributed by atoms with Gasteiger partial charge in [-0.25, -0.2) is 14.0 Å². The second-order valence-corrected chi connectivity index (χ2v) is 11.1. The predicted molar refractivity (Wildman–Crippen MR) is 172 cm³/mol. The molecule has 50 heavy (non-hydrogen) atoms. The van der Waals surface area contributed by atoms with Gasteiger partial charge in [0, 0.05) is 30.4 Å². The lowest BCUT2D eigenvalue weighted by Crippen LogP contribution is -2.60. The molecular formula is C35H31O15+. The van der Waals surface area contributed by atoms with E-state index in [-0.39, 0.29) is 57.0 Å². The summed E-state index contributed by atoms with van der Waals surface area (Å²) in [5.74, 6) is -3.13. The number of benzene rings is 3. The molecule has 2 aliphatic rings. The summed E-state index contributed by atoms with van der Waals surface area (Å²) < 4.78 is 39.7. The second kappa shape index (κ2) is 13.9. The van der Waals surface area contributed by atoms with Crippen molar-refractivity contribution in [2.24, 2.45) is 0 Å². The maximum atomic E-state index is 12.5. The summed E-state index contributed by atoms with van der Waals surface area (Å²) in [4.78, 5) is 24.5. The van der Waals surface area contributed by atoms with Crippen LogP contribution in [0.5, 0.6) is 34.5 Å². The minimum Gasteiger partial charge on any atom is -0.508 e. The average Bonchev–Trinajstić information content (AvgIpc) is 3.11. The number of methoxy groups -OCH3 is 2. The van der Waals surface area contributed by atoms with Crippen molar-refractivity contribution in [3.05, 3.63) is 77.6 Å². The van der Waals surface area contributed by atoms with E-state index in [1.54, 1.807) is 24.3 Å². The smallest absolute Gasteiger partial charge is 0.403 e. The lowest BCUT2D eigenvalue weighted by molar-refractivity contribution is -0.278. The summed E-state index contributed by atoms with van der Waals surface area (Å²) >= 11 is 0. The van der Waals surface area contributed by atoms with Crippen molar-refractivity contribution in [3.63, 3.8) is 0 Å². The number of esters is 1. The molecule has 1 saturated heterocycles. The predicted octanol–water partition coefficient (Wildman–Crippen LogP) is 3.07. The highest BCUT2D eigenvalue weighted by Gasteiger charge is 2.47. The standard InChI is InChI=1S/C35H30O15/c1-44-22-12-17(13-23(45-2)28(22)38)32-33(19-14-24(34(42)43)47-20-4-3-5-21(48-32)27(19)20)50-35-31(41)30(40)29(39)25(49-35)15-46-26(37)11-8-16-6-9-18(36)10-7-16/h3-14,25,29-31,35,39-41H,15H2,1-2H3,(H2-,36,37,38,42,43)/p+1/t25-,29-,30+,31-,35+/m1/s1. The van der Waals surface area contributed by atoms with Gasteiger partial charge in [0.25, 0.3) is 0 Å². The molecule has 6 rings (SSSR count). The quantitative estimate of drug-likeness (QED) is 0.0799. The van der Waals surface area contributed by atoms with Gasteiger partial charge in [0.15, 0.2) is 11.5 Å². The van der Waals surface area contributed by atoms with Crippen LogP contribution in [0, 0.1) is 0 Å². The van der Waals surface area contributed by atoms with Crippen molar-refractivity contribution in [2.75, 3.05) is 20.8 Å². The Morgan fingerprint density at radius 1 is 0.940 bits per heavy atom. The van der Waals surface area contributed by atoms with E-state index in [2.05, 4.69) is 0 Å². The number of phenols is 2. The Morgan fingerprint density at radius 3 is 2.30 bits per heavy atom. The zero-order valence-electron chi connectivity index (χ0n) is 26.4. The molecule has 0 unspecified atom stereocenters. The van der Waals surface area contributed by atoms with Gasteiger partial charge in [-0.2, -0.15) is 0 Å². The van der Waals surface area contributed by atoms with E-state index in [1.165, 1.54) is 56.7 Å². The SMILES string of the molecule is COc1cc(-c2[o+]c3cccc4c3c(c2O[C@@H]2O[C@H](COC(=O)C=Cc3ccc(O)cc3)[C@@H](O)[C@H](O)[C@H]2O)C=C(C(=O)O)O4)cc(OC)c1O. The Balaban J connectivity index is 1.38. The van der Waals surface area contributed by atoms with Gasteiger partial charge in [0.2, 0.25) is 23.5 Å². The largest absolute Gasteiger partial charge is 0.508 e. The fourth-order valence-electron chi connectivity index (χ4n) is 5.42. The third-order valence-corrected chi connectivity index (χ3v) is 7.97. The molecule has 0 saturated carbocycles. The summed E-state index contributed by atoms with van der Waals surface area (Å²) in [7, 11) is 2.63. The number of hydrogen-bond acceptors (Lipinski definition) is 13. The molecule has 4 aromatic rings. The lowest BCUT2D eigenvalue weighted by Gasteiger charge is -2.39. The molecule has 15 heteroatoms. The molecule has 3 aromatic carbocycles. The Labute approximate surface area is 283 Å². The fraction of sp³-hybridized carbons (Fsp3) is 0.229. The van der Waals surface area contributed by atoms with Crippen LogP contribution in [0.3, 0.4) is 0 Å². The molecule has 0 bridgehead atoms. The number of aliphatic carboxylic acids is 1. The molecular weight excluding hydrogens is 660 g/mol. The number of carbonyl (C=O) groups is 2. The van der Waals surface area contributed by atoms with Gasteiger partial charge in [0.05, 0.1) is 25.3 Å². The van der Waals surface area contributed by atoms with Gasteiger partial charge in [0.1, 0.15) is 47.9 Å². The maximum absolute atomic E-state index is 12.5. The zero-order valence-corrected chi connectivity index (χ0v) is 26.4. The number of aliphatic hydroxyl groups is 3. The van der Waals surface area contributed by atoms with Crippen LogP contribution in [0.15, 0.2) is 70.8 Å². The van der Waals surface area contributed by atoms with Gasteiger partial charge in [-0.05, 0) is 35.9 Å². The molecule has 5 atom stereocenters. The molecule has 0 radical (unpaired) electrons. The Morgan fingerprint density at radius 2 is 1.64 bits per heavy atom. The van der Waals surface area contributed by atoms with Gasteiger partial charge in [-0.1, -0.05) is 12.1 Å². The van der Waals surface area contributed by atoms with E-state index in [0.717, 1.165) is 6.08 Å². The van der Waals surface area contributed by atoms with Crippen LogP contribution < -0.4 is 18.9 Å². The number of carboxylic acids is 1. The summed E-state index contributed by atoms with van der Waals surface area (Å²) in [5.41, 5.74) is 1.17. The van der Waals surface area contributed by atoms with Crippen molar-refractivity contribution in [2.45, 2.75) is 30.7 Å². The van der Waals surface area contributed by atoms with Gasteiger partial charge < -0.3 is 59.1 Å². The number of carbonyl (C=O) groups excluding carboxylic acids is 1. The van der Waals surface area contributed by atoms with Gasteiger partial charge >= 0.3 is 23.3 Å². The van der Waals surface area contributed by atoms with E-state index in [0.29, 0.717) is 10.9 Å². The number of phenolic OH excluding ortho intramolecular Hbond substituents is 2.